The molecule has 0 radical (unpaired) electrons. The predicted molar refractivity (Wildman–Crippen MR) is 111 cm³/mol. The summed E-state index contributed by atoms with van der Waals surface area (Å²) in [6.07, 6.45) is 1.87. The van der Waals surface area contributed by atoms with E-state index in [1.54, 1.807) is 23.3 Å². The highest BCUT2D eigenvalue weighted by Gasteiger charge is 2.24. The van der Waals surface area contributed by atoms with Gasteiger partial charge in [-0.25, -0.2) is 14.8 Å². The number of urea groups is 1. The highest BCUT2D eigenvalue weighted by molar-refractivity contribution is 7.17. The van der Waals surface area contributed by atoms with Crippen LogP contribution in [0.1, 0.15) is 18.7 Å². The van der Waals surface area contributed by atoms with Crippen molar-refractivity contribution >= 4 is 33.4 Å². The largest absolute Gasteiger partial charge is 0.377 e. The van der Waals surface area contributed by atoms with Gasteiger partial charge in [0.25, 0.3) is 0 Å². The third-order valence-electron chi connectivity index (χ3n) is 4.91. The van der Waals surface area contributed by atoms with Crippen LogP contribution in [-0.4, -0.2) is 47.1 Å². The summed E-state index contributed by atoms with van der Waals surface area (Å²) in [6.45, 7) is 1.63. The van der Waals surface area contributed by atoms with Crippen molar-refractivity contribution in [3.8, 4) is 11.1 Å². The molecule has 7 nitrogen and oxygen atoms in total. The molecule has 4 rings (SSSR count). The summed E-state index contributed by atoms with van der Waals surface area (Å²) in [5.74, 6) is 1.43. The van der Waals surface area contributed by atoms with Gasteiger partial charge in [0.15, 0.2) is 5.82 Å². The first-order chi connectivity index (χ1) is 13.7. The molecule has 3 heterocycles. The fourth-order valence-corrected chi connectivity index (χ4v) is 4.57. The highest BCUT2D eigenvalue weighted by atomic mass is 32.1. The van der Waals surface area contributed by atoms with Crippen molar-refractivity contribution in [3.63, 3.8) is 0 Å². The monoisotopic (exact) mass is 397 g/mol. The number of benzene rings is 1. The number of nitrogens with two attached hydrogens (primary N) is 1. The summed E-state index contributed by atoms with van der Waals surface area (Å²) in [5.41, 5.74) is 7.71. The van der Waals surface area contributed by atoms with Crippen molar-refractivity contribution in [1.29, 1.82) is 0 Å². The number of amides is 2. The number of methoxy groups -OCH3 is 1. The number of ether oxygens (including phenoxy) is 1. The van der Waals surface area contributed by atoms with E-state index in [-0.39, 0.29) is 12.1 Å². The maximum absolute atomic E-state index is 11.6. The van der Waals surface area contributed by atoms with Gasteiger partial charge in [-0.2, -0.15) is 0 Å². The Bertz CT molecular complexity index is 975. The van der Waals surface area contributed by atoms with Crippen LogP contribution in [-0.2, 0) is 11.3 Å². The van der Waals surface area contributed by atoms with Crippen molar-refractivity contribution in [2.24, 2.45) is 5.73 Å². The van der Waals surface area contributed by atoms with Crippen molar-refractivity contribution in [3.05, 3.63) is 41.5 Å². The highest BCUT2D eigenvalue weighted by Crippen LogP contribution is 2.37. The van der Waals surface area contributed by atoms with Gasteiger partial charge in [-0.3, -0.25) is 0 Å². The van der Waals surface area contributed by atoms with Gasteiger partial charge in [0.05, 0.1) is 5.39 Å². The molecule has 0 bridgehead atoms. The number of nitrogens with one attached hydrogen (secondary N) is 1. The lowest BCUT2D eigenvalue weighted by atomic mass is 10.0. The lowest BCUT2D eigenvalue weighted by Gasteiger charge is -2.32. The number of rotatable bonds is 5. The van der Waals surface area contributed by atoms with E-state index in [1.807, 2.05) is 18.2 Å². The molecule has 1 aliphatic heterocycles. The summed E-state index contributed by atoms with van der Waals surface area (Å²) < 4.78 is 5.24. The number of thiophene rings is 1. The minimum absolute atomic E-state index is 0.0956. The maximum atomic E-state index is 11.6. The molecular formula is C20H23N5O2S. The van der Waals surface area contributed by atoms with Crippen LogP contribution in [0.2, 0.25) is 0 Å². The van der Waals surface area contributed by atoms with E-state index in [0.29, 0.717) is 25.5 Å². The molecule has 0 unspecified atom stereocenters. The molecule has 0 saturated carbocycles. The molecule has 1 aliphatic rings. The lowest BCUT2D eigenvalue weighted by molar-refractivity contribution is 0.178. The first-order valence-electron chi connectivity index (χ1n) is 9.29. The van der Waals surface area contributed by atoms with Gasteiger partial charge in [-0.05, 0) is 18.4 Å². The SMILES string of the molecule is COCc1nc(N[C@H]2CCCN(C(N)=O)C2)c2c(-c3ccccc3)csc2n1. The number of carbonyl (C=O) groups excluding carboxylic acids is 1. The second-order valence-corrected chi connectivity index (χ2v) is 7.74. The van der Waals surface area contributed by atoms with Crippen LogP contribution in [0.15, 0.2) is 35.7 Å². The molecule has 1 saturated heterocycles. The Morgan fingerprint density at radius 3 is 2.93 bits per heavy atom. The van der Waals surface area contributed by atoms with Crippen molar-refractivity contribution in [2.45, 2.75) is 25.5 Å². The van der Waals surface area contributed by atoms with Gasteiger partial charge in [0.1, 0.15) is 17.3 Å². The molecule has 0 aliphatic carbocycles. The number of nitrogens with zero attached hydrogens (tertiary/aromatic N) is 3. The summed E-state index contributed by atoms with van der Waals surface area (Å²) >= 11 is 1.60. The Morgan fingerprint density at radius 1 is 1.36 bits per heavy atom. The second kappa shape index (κ2) is 8.12. The van der Waals surface area contributed by atoms with Crippen LogP contribution < -0.4 is 11.1 Å². The molecular weight excluding hydrogens is 374 g/mol. The zero-order valence-electron chi connectivity index (χ0n) is 15.7. The minimum atomic E-state index is -0.375. The Hall–Kier alpha value is -2.71. The number of carbonyl (C=O) groups is 1. The number of hydrogen-bond acceptors (Lipinski definition) is 6. The molecule has 2 aromatic heterocycles. The standard InChI is InChI=1S/C20H23N5O2S/c1-27-11-16-23-18(22-14-8-5-9-25(10-14)20(21)26)17-15(12-28-19(17)24-16)13-6-3-2-4-7-13/h2-4,6-7,12,14H,5,8-11H2,1H3,(H2,21,26)(H,22,23,24)/t14-/m0/s1. The Kier molecular flexibility index (Phi) is 5.40. The van der Waals surface area contributed by atoms with Crippen LogP contribution in [0.3, 0.4) is 0 Å². The number of likely N-dealkylation sites (tertiary alicyclic amines) is 1. The predicted octanol–water partition coefficient (Wildman–Crippen LogP) is 3.46. The number of piperidine rings is 1. The zero-order chi connectivity index (χ0) is 19.5. The van der Waals surface area contributed by atoms with E-state index in [1.165, 1.54) is 0 Å². The van der Waals surface area contributed by atoms with E-state index in [9.17, 15) is 4.79 Å². The molecule has 0 spiro atoms. The second-order valence-electron chi connectivity index (χ2n) is 6.88. The molecule has 146 valence electrons. The summed E-state index contributed by atoms with van der Waals surface area (Å²) in [7, 11) is 1.64. The van der Waals surface area contributed by atoms with Gasteiger partial charge in [-0.1, -0.05) is 30.3 Å². The molecule has 2 amide bonds. The van der Waals surface area contributed by atoms with Crippen LogP contribution in [0, 0.1) is 0 Å². The third-order valence-corrected chi connectivity index (χ3v) is 5.78. The average Bonchev–Trinajstić information content (AvgIpc) is 3.13. The quantitative estimate of drug-likeness (QED) is 0.688. The van der Waals surface area contributed by atoms with Gasteiger partial charge in [0.2, 0.25) is 0 Å². The van der Waals surface area contributed by atoms with Crippen molar-refractivity contribution in [2.75, 3.05) is 25.5 Å². The zero-order valence-corrected chi connectivity index (χ0v) is 16.5. The number of hydrogen-bond donors (Lipinski definition) is 2. The topological polar surface area (TPSA) is 93.4 Å². The van der Waals surface area contributed by atoms with Crippen LogP contribution in [0.4, 0.5) is 10.6 Å². The molecule has 28 heavy (non-hydrogen) atoms. The normalized spacial score (nSPS) is 17.0. The van der Waals surface area contributed by atoms with E-state index in [4.69, 9.17) is 15.5 Å². The van der Waals surface area contributed by atoms with Crippen LogP contribution >= 0.6 is 11.3 Å². The fourth-order valence-electron chi connectivity index (χ4n) is 3.60. The Morgan fingerprint density at radius 2 is 2.18 bits per heavy atom. The van der Waals surface area contributed by atoms with Crippen molar-refractivity contribution < 1.29 is 9.53 Å². The molecule has 3 aromatic rings. The summed E-state index contributed by atoms with van der Waals surface area (Å²) in [5, 5.41) is 6.68. The van der Waals surface area contributed by atoms with Crippen LogP contribution in [0.25, 0.3) is 21.3 Å². The molecule has 1 aromatic carbocycles. The lowest BCUT2D eigenvalue weighted by Crippen LogP contribution is -2.47. The summed E-state index contributed by atoms with van der Waals surface area (Å²) in [4.78, 5) is 23.6. The first kappa shape index (κ1) is 18.6. The number of aromatic nitrogens is 2. The van der Waals surface area contributed by atoms with Gasteiger partial charge in [-0.15, -0.1) is 11.3 Å². The van der Waals surface area contributed by atoms with Gasteiger partial charge in [0, 0.05) is 37.2 Å². The molecule has 1 fully saturated rings. The molecule has 1 atom stereocenters. The Balaban J connectivity index is 1.74. The number of primary amides is 1. The van der Waals surface area contributed by atoms with E-state index < -0.39 is 0 Å². The average molecular weight is 398 g/mol. The van der Waals surface area contributed by atoms with Crippen molar-refractivity contribution in [1.82, 2.24) is 14.9 Å². The van der Waals surface area contributed by atoms with E-state index in [0.717, 1.165) is 40.0 Å². The Labute approximate surface area is 167 Å². The van der Waals surface area contributed by atoms with Gasteiger partial charge >= 0.3 is 6.03 Å². The fraction of sp³-hybridized carbons (Fsp3) is 0.350. The number of fused-ring (bicyclic) bond motifs is 1. The minimum Gasteiger partial charge on any atom is -0.377 e. The third kappa shape index (κ3) is 3.79. The number of anilines is 1. The maximum Gasteiger partial charge on any atom is 0.314 e. The first-order valence-corrected chi connectivity index (χ1v) is 10.2. The van der Waals surface area contributed by atoms with Gasteiger partial charge < -0.3 is 20.7 Å². The summed E-state index contributed by atoms with van der Waals surface area (Å²) in [6, 6.07) is 9.95. The van der Waals surface area contributed by atoms with E-state index >= 15 is 0 Å². The smallest absolute Gasteiger partial charge is 0.314 e. The molecule has 3 N–H and O–H groups in total. The van der Waals surface area contributed by atoms with Crippen LogP contribution in [0.5, 0.6) is 0 Å². The van der Waals surface area contributed by atoms with E-state index in [2.05, 4.69) is 27.8 Å². The molecule has 8 heteroatoms.